The van der Waals surface area contributed by atoms with Gasteiger partial charge in [0, 0.05) is 31.5 Å². The van der Waals surface area contributed by atoms with Gasteiger partial charge < -0.3 is 14.8 Å². The number of aryl methyl sites for hydroxylation is 1. The van der Waals surface area contributed by atoms with Gasteiger partial charge in [0.05, 0.1) is 10.6 Å². The van der Waals surface area contributed by atoms with E-state index in [1.54, 1.807) is 13.1 Å². The molecule has 1 aromatic heterocycles. The second kappa shape index (κ2) is 9.04. The highest BCUT2D eigenvalue weighted by Gasteiger charge is 2.11. The number of amides is 1. The van der Waals surface area contributed by atoms with E-state index in [4.69, 9.17) is 11.6 Å². The zero-order chi connectivity index (χ0) is 20.1. The molecule has 0 unspecified atom stereocenters. The normalized spacial score (nSPS) is 11.0. The van der Waals surface area contributed by atoms with Gasteiger partial charge in [0.25, 0.3) is 5.91 Å². The molecule has 5 nitrogen and oxygen atoms in total. The summed E-state index contributed by atoms with van der Waals surface area (Å²) >= 11 is 6.15. The highest BCUT2D eigenvalue weighted by Crippen LogP contribution is 2.27. The van der Waals surface area contributed by atoms with E-state index in [1.807, 2.05) is 36.7 Å². The van der Waals surface area contributed by atoms with Gasteiger partial charge in [0.2, 0.25) is 0 Å². The molecule has 0 aliphatic rings. The van der Waals surface area contributed by atoms with Crippen LogP contribution in [0.15, 0.2) is 54.9 Å². The van der Waals surface area contributed by atoms with Crippen LogP contribution in [0.1, 0.15) is 16.8 Å². The summed E-state index contributed by atoms with van der Waals surface area (Å²) in [5, 5.41) is 3.06. The van der Waals surface area contributed by atoms with E-state index in [2.05, 4.69) is 46.0 Å². The fourth-order valence-corrected chi connectivity index (χ4v) is 3.34. The molecule has 0 bridgehead atoms. The molecule has 2 aromatic carbocycles. The Balaban J connectivity index is 1.82. The van der Waals surface area contributed by atoms with Crippen molar-refractivity contribution in [1.82, 2.24) is 19.8 Å². The van der Waals surface area contributed by atoms with Gasteiger partial charge in [0.15, 0.2) is 0 Å². The quantitative estimate of drug-likeness (QED) is 0.651. The van der Waals surface area contributed by atoms with Crippen LogP contribution in [-0.4, -0.2) is 48.0 Å². The van der Waals surface area contributed by atoms with Crippen molar-refractivity contribution in [2.24, 2.45) is 0 Å². The molecule has 0 saturated carbocycles. The number of benzene rings is 2. The molecule has 0 aliphatic carbocycles. The molecule has 1 heterocycles. The summed E-state index contributed by atoms with van der Waals surface area (Å²) in [6, 6.07) is 13.7. The molecular formula is C22H25ClN4O. The summed E-state index contributed by atoms with van der Waals surface area (Å²) in [5.41, 5.74) is 3.52. The fourth-order valence-electron chi connectivity index (χ4n) is 3.13. The predicted octanol–water partition coefficient (Wildman–Crippen LogP) is 4.18. The van der Waals surface area contributed by atoms with Crippen molar-refractivity contribution < 1.29 is 4.79 Å². The van der Waals surface area contributed by atoms with E-state index in [9.17, 15) is 4.79 Å². The van der Waals surface area contributed by atoms with Crippen molar-refractivity contribution in [2.75, 3.05) is 27.7 Å². The minimum Gasteiger partial charge on any atom is -0.355 e. The zero-order valence-corrected chi connectivity index (χ0v) is 17.2. The highest BCUT2D eigenvalue weighted by molar-refractivity contribution is 6.34. The molecule has 1 amide bonds. The summed E-state index contributed by atoms with van der Waals surface area (Å²) in [7, 11) is 5.76. The number of aromatic nitrogens is 2. The maximum atomic E-state index is 12.0. The molecule has 0 spiro atoms. The van der Waals surface area contributed by atoms with E-state index >= 15 is 0 Å². The van der Waals surface area contributed by atoms with Crippen molar-refractivity contribution in [1.29, 1.82) is 0 Å². The predicted molar refractivity (Wildman–Crippen MR) is 115 cm³/mol. The molecule has 146 valence electrons. The summed E-state index contributed by atoms with van der Waals surface area (Å²) < 4.78 is 2.19. The highest BCUT2D eigenvalue weighted by atomic mass is 35.5. The number of carbonyl (C=O) groups excluding carboxylic acids is 1. The lowest BCUT2D eigenvalue weighted by molar-refractivity contribution is 0.0963. The minimum atomic E-state index is -0.191. The Hall–Kier alpha value is -2.63. The van der Waals surface area contributed by atoms with Crippen LogP contribution in [0.4, 0.5) is 0 Å². The lowest BCUT2D eigenvalue weighted by atomic mass is 10.0. The van der Waals surface area contributed by atoms with E-state index in [1.165, 1.54) is 0 Å². The smallest absolute Gasteiger partial charge is 0.252 e. The van der Waals surface area contributed by atoms with Gasteiger partial charge in [0.1, 0.15) is 5.82 Å². The van der Waals surface area contributed by atoms with Crippen molar-refractivity contribution in [3.8, 4) is 22.5 Å². The van der Waals surface area contributed by atoms with Crippen LogP contribution in [0, 0.1) is 0 Å². The monoisotopic (exact) mass is 396 g/mol. The van der Waals surface area contributed by atoms with Gasteiger partial charge in [-0.1, -0.05) is 41.9 Å². The SMILES string of the molecule is CNC(=O)c1cc(-c2ccc(-c3nccn3CCCN(C)C)cc2)ccc1Cl. The number of imidazole rings is 1. The van der Waals surface area contributed by atoms with Crippen LogP contribution in [0.25, 0.3) is 22.5 Å². The maximum Gasteiger partial charge on any atom is 0.252 e. The minimum absolute atomic E-state index is 0.191. The Morgan fingerprint density at radius 3 is 2.46 bits per heavy atom. The Morgan fingerprint density at radius 2 is 1.79 bits per heavy atom. The molecule has 0 fully saturated rings. The third-order valence-corrected chi connectivity index (χ3v) is 4.96. The van der Waals surface area contributed by atoms with E-state index in [0.29, 0.717) is 10.6 Å². The number of halogens is 1. The molecule has 0 saturated heterocycles. The van der Waals surface area contributed by atoms with E-state index in [-0.39, 0.29) is 5.91 Å². The van der Waals surface area contributed by atoms with Gasteiger partial charge in [-0.15, -0.1) is 0 Å². The molecular weight excluding hydrogens is 372 g/mol. The molecule has 3 aromatic rings. The first-order chi connectivity index (χ1) is 13.5. The third kappa shape index (κ3) is 4.61. The summed E-state index contributed by atoms with van der Waals surface area (Å²) in [4.78, 5) is 18.7. The Labute approximate surface area is 171 Å². The van der Waals surface area contributed by atoms with Crippen molar-refractivity contribution >= 4 is 17.5 Å². The van der Waals surface area contributed by atoms with Gasteiger partial charge in [-0.2, -0.15) is 0 Å². The topological polar surface area (TPSA) is 50.2 Å². The first-order valence-corrected chi connectivity index (χ1v) is 9.65. The summed E-state index contributed by atoms with van der Waals surface area (Å²) in [5.74, 6) is 0.774. The Kier molecular flexibility index (Phi) is 6.49. The largest absolute Gasteiger partial charge is 0.355 e. The molecule has 28 heavy (non-hydrogen) atoms. The van der Waals surface area contributed by atoms with Crippen molar-refractivity contribution in [3.05, 3.63) is 65.4 Å². The average Bonchev–Trinajstić information content (AvgIpc) is 3.16. The van der Waals surface area contributed by atoms with Gasteiger partial charge >= 0.3 is 0 Å². The Morgan fingerprint density at radius 1 is 1.11 bits per heavy atom. The van der Waals surface area contributed by atoms with Crippen LogP contribution >= 0.6 is 11.6 Å². The zero-order valence-electron chi connectivity index (χ0n) is 16.4. The fraction of sp³-hybridized carbons (Fsp3) is 0.273. The first-order valence-electron chi connectivity index (χ1n) is 9.28. The second-order valence-electron chi connectivity index (χ2n) is 6.95. The van der Waals surface area contributed by atoms with Crippen LogP contribution < -0.4 is 5.32 Å². The van der Waals surface area contributed by atoms with E-state index < -0.39 is 0 Å². The van der Waals surface area contributed by atoms with Crippen LogP contribution in [0.2, 0.25) is 5.02 Å². The van der Waals surface area contributed by atoms with Crippen molar-refractivity contribution in [3.63, 3.8) is 0 Å². The van der Waals surface area contributed by atoms with Crippen molar-refractivity contribution in [2.45, 2.75) is 13.0 Å². The molecule has 6 heteroatoms. The summed E-state index contributed by atoms with van der Waals surface area (Å²) in [6.45, 7) is 1.97. The third-order valence-electron chi connectivity index (χ3n) is 4.63. The van der Waals surface area contributed by atoms with Gasteiger partial charge in [-0.05, 0) is 50.3 Å². The van der Waals surface area contributed by atoms with Gasteiger partial charge in [-0.3, -0.25) is 4.79 Å². The number of nitrogens with one attached hydrogen (secondary N) is 1. The molecule has 0 radical (unpaired) electrons. The standard InChI is InChI=1S/C22H25ClN4O/c1-24-22(28)19-15-18(9-10-20(19)23)16-5-7-17(8-6-16)21-25-11-14-27(21)13-4-12-26(2)3/h5-11,14-15H,4,12-13H2,1-3H3,(H,24,28). The number of hydrogen-bond donors (Lipinski definition) is 1. The Bertz CT molecular complexity index is 947. The lowest BCUT2D eigenvalue weighted by Gasteiger charge is -2.12. The number of rotatable bonds is 7. The summed E-state index contributed by atoms with van der Waals surface area (Å²) in [6.07, 6.45) is 4.93. The molecule has 0 atom stereocenters. The number of carbonyl (C=O) groups is 1. The molecule has 0 aliphatic heterocycles. The first kappa shape index (κ1) is 20.1. The molecule has 1 N–H and O–H groups in total. The lowest BCUT2D eigenvalue weighted by Crippen LogP contribution is -2.18. The molecule has 3 rings (SSSR count). The van der Waals surface area contributed by atoms with E-state index in [0.717, 1.165) is 42.0 Å². The van der Waals surface area contributed by atoms with Crippen LogP contribution in [0.5, 0.6) is 0 Å². The van der Waals surface area contributed by atoms with Crippen LogP contribution in [-0.2, 0) is 6.54 Å². The maximum absolute atomic E-state index is 12.0. The van der Waals surface area contributed by atoms with Gasteiger partial charge in [-0.25, -0.2) is 4.98 Å². The average molecular weight is 397 g/mol. The van der Waals surface area contributed by atoms with Crippen LogP contribution in [0.3, 0.4) is 0 Å². The number of nitrogens with zero attached hydrogens (tertiary/aromatic N) is 3. The number of hydrogen-bond acceptors (Lipinski definition) is 3. The second-order valence-corrected chi connectivity index (χ2v) is 7.36.